The van der Waals surface area contributed by atoms with Crippen molar-refractivity contribution < 1.29 is 14.3 Å². The minimum absolute atomic E-state index is 0.109. The molecule has 0 fully saturated rings. The van der Waals surface area contributed by atoms with Crippen LogP contribution in [0.3, 0.4) is 0 Å². The van der Waals surface area contributed by atoms with E-state index >= 15 is 0 Å². The van der Waals surface area contributed by atoms with E-state index in [2.05, 4.69) is 5.32 Å². The van der Waals surface area contributed by atoms with Gasteiger partial charge in [-0.05, 0) is 6.42 Å². The van der Waals surface area contributed by atoms with E-state index in [1.165, 1.54) is 0 Å². The summed E-state index contributed by atoms with van der Waals surface area (Å²) in [5.74, 6) is -0.519. The summed E-state index contributed by atoms with van der Waals surface area (Å²) in [5.41, 5.74) is 4.90. The number of primary amides is 1. The number of ether oxygens (including phenoxy) is 1. The molecule has 0 aliphatic carbocycles. The molecule has 0 saturated heterocycles. The average Bonchev–Trinajstić information content (AvgIpc) is 2.12. The lowest BCUT2D eigenvalue weighted by Crippen LogP contribution is -2.28. The van der Waals surface area contributed by atoms with Crippen LogP contribution in [0.2, 0.25) is 0 Å². The van der Waals surface area contributed by atoms with E-state index < -0.39 is 5.91 Å². The van der Waals surface area contributed by atoms with E-state index in [9.17, 15) is 9.59 Å². The Hall–Kier alpha value is -1.10. The number of hydrogen-bond acceptors (Lipinski definition) is 3. The Labute approximate surface area is 84.0 Å². The number of carbonyl (C=O) groups is 2. The first-order valence-corrected chi connectivity index (χ1v) is 4.79. The standard InChI is InChI=1S/C9H18N2O3/c1-2-6-14-7-4-9(13)11-5-3-8(10)12/h2-7H2,1H3,(H2,10,12)(H,11,13). The van der Waals surface area contributed by atoms with E-state index in [1.54, 1.807) is 0 Å². The third-order valence-corrected chi connectivity index (χ3v) is 1.52. The second-order valence-electron chi connectivity index (χ2n) is 2.93. The van der Waals surface area contributed by atoms with Crippen molar-refractivity contribution in [3.8, 4) is 0 Å². The first kappa shape index (κ1) is 12.9. The minimum atomic E-state index is -0.410. The maximum absolute atomic E-state index is 11.0. The van der Waals surface area contributed by atoms with Crippen molar-refractivity contribution in [2.45, 2.75) is 26.2 Å². The van der Waals surface area contributed by atoms with Crippen LogP contribution in [-0.2, 0) is 14.3 Å². The first-order valence-electron chi connectivity index (χ1n) is 4.79. The van der Waals surface area contributed by atoms with Gasteiger partial charge in [0.15, 0.2) is 0 Å². The summed E-state index contributed by atoms with van der Waals surface area (Å²) in [6, 6.07) is 0. The summed E-state index contributed by atoms with van der Waals surface area (Å²) in [4.78, 5) is 21.4. The van der Waals surface area contributed by atoms with Gasteiger partial charge in [0.1, 0.15) is 0 Å². The fourth-order valence-corrected chi connectivity index (χ4v) is 0.825. The fraction of sp³-hybridized carbons (Fsp3) is 0.778. The van der Waals surface area contributed by atoms with Crippen LogP contribution in [-0.4, -0.2) is 31.6 Å². The summed E-state index contributed by atoms with van der Waals surface area (Å²) in [7, 11) is 0. The molecule has 0 bridgehead atoms. The van der Waals surface area contributed by atoms with Gasteiger partial charge in [0.25, 0.3) is 0 Å². The van der Waals surface area contributed by atoms with Gasteiger partial charge < -0.3 is 15.8 Å². The summed E-state index contributed by atoms with van der Waals surface area (Å²) in [6.45, 7) is 3.42. The van der Waals surface area contributed by atoms with Crippen LogP contribution in [0.1, 0.15) is 26.2 Å². The van der Waals surface area contributed by atoms with Gasteiger partial charge in [-0.25, -0.2) is 0 Å². The molecule has 0 saturated carbocycles. The van der Waals surface area contributed by atoms with Crippen molar-refractivity contribution >= 4 is 11.8 Å². The molecule has 5 nitrogen and oxygen atoms in total. The van der Waals surface area contributed by atoms with Gasteiger partial charge in [0, 0.05) is 26.0 Å². The van der Waals surface area contributed by atoms with Crippen LogP contribution in [0.5, 0.6) is 0 Å². The molecular formula is C9H18N2O3. The number of nitrogens with two attached hydrogens (primary N) is 1. The van der Waals surface area contributed by atoms with Crippen LogP contribution in [0.15, 0.2) is 0 Å². The number of nitrogens with one attached hydrogen (secondary N) is 1. The topological polar surface area (TPSA) is 81.4 Å². The zero-order chi connectivity index (χ0) is 10.8. The highest BCUT2D eigenvalue weighted by atomic mass is 16.5. The maximum Gasteiger partial charge on any atom is 0.222 e. The predicted molar refractivity (Wildman–Crippen MR) is 52.5 cm³/mol. The Morgan fingerprint density at radius 1 is 1.29 bits per heavy atom. The number of rotatable bonds is 8. The molecule has 14 heavy (non-hydrogen) atoms. The van der Waals surface area contributed by atoms with Gasteiger partial charge in [-0.3, -0.25) is 9.59 Å². The number of amides is 2. The Bertz CT molecular complexity index is 183. The molecule has 0 aromatic rings. The average molecular weight is 202 g/mol. The quantitative estimate of drug-likeness (QED) is 0.534. The molecule has 0 aromatic heterocycles. The van der Waals surface area contributed by atoms with Gasteiger partial charge in [-0.15, -0.1) is 0 Å². The van der Waals surface area contributed by atoms with E-state index in [1.807, 2.05) is 6.92 Å². The number of hydrogen-bond donors (Lipinski definition) is 2. The summed E-state index contributed by atoms with van der Waals surface area (Å²) < 4.78 is 5.13. The molecule has 0 aromatic carbocycles. The molecule has 0 spiro atoms. The third-order valence-electron chi connectivity index (χ3n) is 1.52. The first-order chi connectivity index (χ1) is 6.66. The Balaban J connectivity index is 3.24. The zero-order valence-corrected chi connectivity index (χ0v) is 8.54. The molecule has 0 aliphatic heterocycles. The molecule has 0 heterocycles. The molecule has 0 aliphatic rings. The zero-order valence-electron chi connectivity index (χ0n) is 8.54. The van der Waals surface area contributed by atoms with E-state index in [0.717, 1.165) is 6.42 Å². The molecule has 0 rings (SSSR count). The van der Waals surface area contributed by atoms with Gasteiger partial charge >= 0.3 is 0 Å². The molecule has 2 amide bonds. The van der Waals surface area contributed by atoms with Crippen molar-refractivity contribution in [1.82, 2.24) is 5.32 Å². The molecular weight excluding hydrogens is 184 g/mol. The summed E-state index contributed by atoms with van der Waals surface area (Å²) in [6.07, 6.45) is 1.46. The smallest absolute Gasteiger partial charge is 0.222 e. The lowest BCUT2D eigenvalue weighted by molar-refractivity contribution is -0.122. The molecule has 82 valence electrons. The van der Waals surface area contributed by atoms with Gasteiger partial charge in [0.05, 0.1) is 6.61 Å². The molecule has 5 heteroatoms. The Morgan fingerprint density at radius 2 is 2.00 bits per heavy atom. The highest BCUT2D eigenvalue weighted by Crippen LogP contribution is 1.85. The van der Waals surface area contributed by atoms with Crippen LogP contribution >= 0.6 is 0 Å². The van der Waals surface area contributed by atoms with E-state index in [0.29, 0.717) is 26.2 Å². The molecule has 3 N–H and O–H groups in total. The second-order valence-corrected chi connectivity index (χ2v) is 2.93. The van der Waals surface area contributed by atoms with Crippen LogP contribution in [0, 0.1) is 0 Å². The van der Waals surface area contributed by atoms with Crippen molar-refractivity contribution in [3.63, 3.8) is 0 Å². The minimum Gasteiger partial charge on any atom is -0.381 e. The predicted octanol–water partition coefficient (Wildman–Crippen LogP) is -0.205. The van der Waals surface area contributed by atoms with E-state index in [-0.39, 0.29) is 12.3 Å². The molecule has 0 unspecified atom stereocenters. The van der Waals surface area contributed by atoms with Crippen LogP contribution < -0.4 is 11.1 Å². The van der Waals surface area contributed by atoms with Gasteiger partial charge in [0.2, 0.25) is 11.8 Å². The summed E-state index contributed by atoms with van der Waals surface area (Å²) in [5, 5.41) is 2.57. The lowest BCUT2D eigenvalue weighted by atomic mass is 10.3. The Morgan fingerprint density at radius 3 is 2.57 bits per heavy atom. The second kappa shape index (κ2) is 8.50. The maximum atomic E-state index is 11.0. The molecule has 0 radical (unpaired) electrons. The van der Waals surface area contributed by atoms with E-state index in [4.69, 9.17) is 10.5 Å². The van der Waals surface area contributed by atoms with Crippen molar-refractivity contribution in [3.05, 3.63) is 0 Å². The lowest BCUT2D eigenvalue weighted by Gasteiger charge is -2.03. The fourth-order valence-electron chi connectivity index (χ4n) is 0.825. The number of carbonyl (C=O) groups excluding carboxylic acids is 2. The normalized spacial score (nSPS) is 9.79. The third kappa shape index (κ3) is 8.99. The SMILES string of the molecule is CCCOCCC(=O)NCCC(N)=O. The van der Waals surface area contributed by atoms with Gasteiger partial charge in [-0.1, -0.05) is 6.92 Å². The van der Waals surface area contributed by atoms with Crippen LogP contribution in [0.25, 0.3) is 0 Å². The molecule has 0 atom stereocenters. The van der Waals surface area contributed by atoms with Crippen LogP contribution in [0.4, 0.5) is 0 Å². The highest BCUT2D eigenvalue weighted by Gasteiger charge is 2.01. The van der Waals surface area contributed by atoms with Crippen molar-refractivity contribution in [1.29, 1.82) is 0 Å². The van der Waals surface area contributed by atoms with Crippen molar-refractivity contribution in [2.24, 2.45) is 5.73 Å². The monoisotopic (exact) mass is 202 g/mol. The largest absolute Gasteiger partial charge is 0.381 e. The highest BCUT2D eigenvalue weighted by molar-refractivity contribution is 5.78. The van der Waals surface area contributed by atoms with Crippen molar-refractivity contribution in [2.75, 3.05) is 19.8 Å². The van der Waals surface area contributed by atoms with Gasteiger partial charge in [-0.2, -0.15) is 0 Å². The Kier molecular flexibility index (Phi) is 7.83. The summed E-state index contributed by atoms with van der Waals surface area (Å²) >= 11 is 0.